The number of sulfone groups is 1. The molecular weight excluding hydrogens is 429 g/mol. The third-order valence-corrected chi connectivity index (χ3v) is 7.83. The van der Waals surface area contributed by atoms with Gasteiger partial charge in [-0.25, -0.2) is 8.42 Å². The van der Waals surface area contributed by atoms with Crippen LogP contribution in [0.25, 0.3) is 0 Å². The Morgan fingerprint density at radius 2 is 1.93 bits per heavy atom. The van der Waals surface area contributed by atoms with Gasteiger partial charge in [0.1, 0.15) is 4.49 Å². The van der Waals surface area contributed by atoms with Crippen LogP contribution in [0.3, 0.4) is 0 Å². The summed E-state index contributed by atoms with van der Waals surface area (Å²) in [4.78, 5) is 12.5. The van der Waals surface area contributed by atoms with Crippen LogP contribution in [0.15, 0.2) is 45.2 Å². The van der Waals surface area contributed by atoms with Crippen LogP contribution in [0.1, 0.15) is 19.4 Å². The summed E-state index contributed by atoms with van der Waals surface area (Å²) in [7, 11) is -3.63. The first-order chi connectivity index (χ1) is 12.6. The molecular formula is C17H17Cl2N3O3S2. The van der Waals surface area contributed by atoms with Gasteiger partial charge >= 0.3 is 0 Å². The van der Waals surface area contributed by atoms with Gasteiger partial charge in [0.15, 0.2) is 0 Å². The summed E-state index contributed by atoms with van der Waals surface area (Å²) in [5, 5.41) is 10.3. The summed E-state index contributed by atoms with van der Waals surface area (Å²) in [6.45, 7) is 3.87. The highest BCUT2D eigenvalue weighted by Crippen LogP contribution is 2.60. The minimum atomic E-state index is -3.63. The number of amides is 1. The van der Waals surface area contributed by atoms with E-state index in [0.29, 0.717) is 5.56 Å². The maximum absolute atomic E-state index is 12.5. The normalized spacial score (nSPS) is 20.7. The fourth-order valence-corrected chi connectivity index (χ4v) is 5.64. The van der Waals surface area contributed by atoms with Crippen LogP contribution in [0.4, 0.5) is 5.13 Å². The Morgan fingerprint density at radius 1 is 1.26 bits per heavy atom. The van der Waals surface area contributed by atoms with E-state index in [2.05, 4.69) is 15.5 Å². The van der Waals surface area contributed by atoms with Crippen LogP contribution in [-0.4, -0.2) is 24.5 Å². The fraction of sp³-hybridized carbons (Fsp3) is 0.353. The number of nitrogens with one attached hydrogen (secondary N) is 1. The number of nitrogens with zero attached hydrogens (tertiary/aromatic N) is 2. The minimum Gasteiger partial charge on any atom is -0.300 e. The van der Waals surface area contributed by atoms with Crippen LogP contribution in [-0.2, 0) is 20.4 Å². The van der Waals surface area contributed by atoms with Crippen molar-refractivity contribution in [3.63, 3.8) is 0 Å². The molecule has 2 atom stereocenters. The molecule has 0 radical (unpaired) electrons. The topological polar surface area (TPSA) is 89.0 Å². The lowest BCUT2D eigenvalue weighted by atomic mass is 10.1. The molecule has 1 heterocycles. The van der Waals surface area contributed by atoms with Crippen molar-refractivity contribution < 1.29 is 13.2 Å². The van der Waals surface area contributed by atoms with Gasteiger partial charge in [0, 0.05) is 0 Å². The number of aromatic nitrogens is 2. The van der Waals surface area contributed by atoms with Crippen molar-refractivity contribution in [1.29, 1.82) is 0 Å². The van der Waals surface area contributed by atoms with Crippen LogP contribution in [0.5, 0.6) is 0 Å². The molecule has 2 aromatic rings. The molecule has 0 bridgehead atoms. The average Bonchev–Trinajstić information content (AvgIpc) is 2.92. The Labute approximate surface area is 171 Å². The second-order valence-electron chi connectivity index (χ2n) is 6.89. The third kappa shape index (κ3) is 4.51. The maximum Gasteiger partial charge on any atom is 0.234 e. The van der Waals surface area contributed by atoms with Gasteiger partial charge in [-0.15, -0.1) is 10.2 Å². The first kappa shape index (κ1) is 20.3. The summed E-state index contributed by atoms with van der Waals surface area (Å²) in [6.07, 6.45) is 1.64. The number of benzene rings is 1. The lowest BCUT2D eigenvalue weighted by Crippen LogP contribution is -2.16. The fourth-order valence-electron chi connectivity index (χ4n) is 3.05. The van der Waals surface area contributed by atoms with E-state index in [1.54, 1.807) is 30.3 Å². The van der Waals surface area contributed by atoms with E-state index in [4.69, 9.17) is 23.2 Å². The molecule has 1 aliphatic carbocycles. The molecule has 1 amide bonds. The highest BCUT2D eigenvalue weighted by Gasteiger charge is 2.60. The first-order valence-electron chi connectivity index (χ1n) is 8.05. The van der Waals surface area contributed by atoms with Crippen LogP contribution in [0.2, 0.25) is 0 Å². The van der Waals surface area contributed by atoms with Crippen LogP contribution < -0.4 is 5.32 Å². The largest absolute Gasteiger partial charge is 0.300 e. The number of halogens is 2. The number of hydrogen-bond acceptors (Lipinski definition) is 6. The summed E-state index contributed by atoms with van der Waals surface area (Å²) in [5.74, 6) is -0.846. The zero-order valence-corrected chi connectivity index (χ0v) is 17.7. The predicted octanol–water partition coefficient (Wildman–Crippen LogP) is 4.04. The Balaban J connectivity index is 1.69. The van der Waals surface area contributed by atoms with Crippen molar-refractivity contribution in [2.45, 2.75) is 23.9 Å². The lowest BCUT2D eigenvalue weighted by molar-refractivity contribution is -0.118. The zero-order valence-electron chi connectivity index (χ0n) is 14.5. The zero-order chi connectivity index (χ0) is 19.8. The summed E-state index contributed by atoms with van der Waals surface area (Å²) >= 11 is 12.2. The Morgan fingerprint density at radius 3 is 2.56 bits per heavy atom. The van der Waals surface area contributed by atoms with E-state index in [1.165, 1.54) is 0 Å². The number of carbonyl (C=O) groups is 1. The lowest BCUT2D eigenvalue weighted by Gasteiger charge is -2.02. The number of carbonyl (C=O) groups excluding carboxylic acids is 1. The molecule has 1 aromatic carbocycles. The molecule has 10 heteroatoms. The van der Waals surface area contributed by atoms with E-state index in [0.717, 1.165) is 11.3 Å². The second kappa shape index (κ2) is 7.50. The van der Waals surface area contributed by atoms with Gasteiger partial charge in [-0.05, 0) is 23.0 Å². The van der Waals surface area contributed by atoms with Gasteiger partial charge in [-0.3, -0.25) is 4.79 Å². The Hall–Kier alpha value is -1.48. The van der Waals surface area contributed by atoms with Crippen LogP contribution >= 0.6 is 34.5 Å². The van der Waals surface area contributed by atoms with Crippen molar-refractivity contribution in [3.05, 3.63) is 46.5 Å². The molecule has 1 aliphatic rings. The van der Waals surface area contributed by atoms with Crippen molar-refractivity contribution in [2.24, 2.45) is 17.3 Å². The molecule has 1 fully saturated rings. The van der Waals surface area contributed by atoms with Gasteiger partial charge in [0.05, 0.1) is 11.7 Å². The number of hydrogen-bond donors (Lipinski definition) is 1. The van der Waals surface area contributed by atoms with Gasteiger partial charge < -0.3 is 5.32 Å². The van der Waals surface area contributed by atoms with E-state index < -0.39 is 9.84 Å². The molecule has 6 nitrogen and oxygen atoms in total. The second-order valence-corrected chi connectivity index (χ2v) is 11.0. The Kier molecular flexibility index (Phi) is 5.63. The molecule has 0 aliphatic heterocycles. The molecule has 1 N–H and O–H groups in total. The molecule has 1 aromatic heterocycles. The third-order valence-electron chi connectivity index (χ3n) is 4.60. The monoisotopic (exact) mass is 445 g/mol. The van der Waals surface area contributed by atoms with Gasteiger partial charge in [-0.2, -0.15) is 0 Å². The van der Waals surface area contributed by atoms with Gasteiger partial charge in [0.2, 0.25) is 25.2 Å². The molecule has 0 saturated heterocycles. The smallest absolute Gasteiger partial charge is 0.234 e. The molecule has 27 heavy (non-hydrogen) atoms. The SMILES string of the molecule is CC1(C)C(C=C(Cl)Cl)C1C(=O)Nc1nnc(S(=O)(=O)Cc2ccccc2)s1. The molecule has 144 valence electrons. The van der Waals surface area contributed by atoms with E-state index >= 15 is 0 Å². The first-order valence-corrected chi connectivity index (χ1v) is 11.3. The number of anilines is 1. The van der Waals surface area contributed by atoms with Crippen molar-refractivity contribution in [2.75, 3.05) is 5.32 Å². The average molecular weight is 446 g/mol. The summed E-state index contributed by atoms with van der Waals surface area (Å²) in [6, 6.07) is 8.81. The molecule has 0 spiro atoms. The summed E-state index contributed by atoms with van der Waals surface area (Å²) in [5.41, 5.74) is 0.372. The van der Waals surface area contributed by atoms with E-state index in [1.807, 2.05) is 19.9 Å². The van der Waals surface area contributed by atoms with E-state index in [-0.39, 0.29) is 42.9 Å². The van der Waals surface area contributed by atoms with E-state index in [9.17, 15) is 13.2 Å². The van der Waals surface area contributed by atoms with Crippen molar-refractivity contribution in [3.8, 4) is 0 Å². The predicted molar refractivity (Wildman–Crippen MR) is 106 cm³/mol. The standard InChI is InChI=1S/C17H17Cl2N3O3S2/c1-17(2)11(8-12(18)19)13(17)14(23)20-15-21-22-16(26-15)27(24,25)9-10-6-4-3-5-7-10/h3-8,11,13H,9H2,1-2H3,(H,20,21,23). The number of allylic oxidation sites excluding steroid dienone is 1. The molecule has 2 unspecified atom stereocenters. The van der Waals surface area contributed by atoms with Gasteiger partial charge in [-0.1, -0.05) is 78.7 Å². The number of rotatable bonds is 6. The molecule has 3 rings (SSSR count). The highest BCUT2D eigenvalue weighted by molar-refractivity contribution is 7.92. The highest BCUT2D eigenvalue weighted by atomic mass is 35.5. The van der Waals surface area contributed by atoms with Crippen molar-refractivity contribution in [1.82, 2.24) is 10.2 Å². The maximum atomic E-state index is 12.5. The Bertz CT molecular complexity index is 984. The van der Waals surface area contributed by atoms with Crippen molar-refractivity contribution >= 4 is 55.4 Å². The quantitative estimate of drug-likeness (QED) is 0.677. The minimum absolute atomic E-state index is 0.0864. The van der Waals surface area contributed by atoms with Gasteiger partial charge in [0.25, 0.3) is 0 Å². The summed E-state index contributed by atoms with van der Waals surface area (Å²) < 4.78 is 25.0. The molecule has 1 saturated carbocycles. The van der Waals surface area contributed by atoms with Crippen LogP contribution in [0, 0.1) is 17.3 Å².